The number of thiophene rings is 1. The molecule has 1 atom stereocenters. The number of aliphatic hydroxyl groups excluding tert-OH is 2. The molecule has 0 radical (unpaired) electrons. The number of hydrogen-bond donors (Lipinski definition) is 2. The lowest BCUT2D eigenvalue weighted by molar-refractivity contribution is 0.113. The Morgan fingerprint density at radius 2 is 2.41 bits per heavy atom. The van der Waals surface area contributed by atoms with E-state index in [0.717, 1.165) is 5.56 Å². The van der Waals surface area contributed by atoms with Gasteiger partial charge < -0.3 is 14.7 Å². The predicted molar refractivity (Wildman–Crippen MR) is 66.9 cm³/mol. The molecular formula is C10H12N2O3S2. The number of thioether (sulfide) groups is 1. The van der Waals surface area contributed by atoms with Crippen molar-refractivity contribution < 1.29 is 14.7 Å². The average Bonchev–Trinajstić information content (AvgIpc) is 2.98. The van der Waals surface area contributed by atoms with Gasteiger partial charge in [0.1, 0.15) is 0 Å². The lowest BCUT2D eigenvalue weighted by Gasteiger charge is -2.03. The first kappa shape index (κ1) is 12.6. The lowest BCUT2D eigenvalue weighted by atomic mass is 10.3. The van der Waals surface area contributed by atoms with Crippen LogP contribution in [-0.4, -0.2) is 38.8 Å². The molecule has 0 aliphatic carbocycles. The van der Waals surface area contributed by atoms with Crippen LogP contribution in [0.5, 0.6) is 0 Å². The van der Waals surface area contributed by atoms with Gasteiger partial charge in [-0.2, -0.15) is 16.3 Å². The van der Waals surface area contributed by atoms with Crippen LogP contribution in [0.25, 0.3) is 11.4 Å². The third kappa shape index (κ3) is 3.53. The normalized spacial score (nSPS) is 12.8. The molecule has 0 aliphatic rings. The predicted octanol–water partition coefficient (Wildman–Crippen LogP) is 1.38. The van der Waals surface area contributed by atoms with Gasteiger partial charge in [0.05, 0.1) is 18.5 Å². The molecule has 0 spiro atoms. The van der Waals surface area contributed by atoms with Gasteiger partial charge in [0.2, 0.25) is 11.7 Å². The molecule has 0 aliphatic heterocycles. The topological polar surface area (TPSA) is 79.4 Å². The number of aromatic nitrogens is 2. The Morgan fingerprint density at radius 3 is 3.12 bits per heavy atom. The van der Waals surface area contributed by atoms with E-state index in [1.165, 1.54) is 11.8 Å². The van der Waals surface area contributed by atoms with E-state index < -0.39 is 6.10 Å². The van der Waals surface area contributed by atoms with E-state index in [4.69, 9.17) is 14.7 Å². The highest BCUT2D eigenvalue weighted by atomic mass is 32.2. The van der Waals surface area contributed by atoms with Gasteiger partial charge in [0.15, 0.2) is 0 Å². The van der Waals surface area contributed by atoms with Crippen molar-refractivity contribution in [3.8, 4) is 11.4 Å². The van der Waals surface area contributed by atoms with Crippen molar-refractivity contribution in [1.29, 1.82) is 0 Å². The van der Waals surface area contributed by atoms with Crippen molar-refractivity contribution in [1.82, 2.24) is 10.1 Å². The van der Waals surface area contributed by atoms with Gasteiger partial charge in [0, 0.05) is 16.7 Å². The molecule has 2 heterocycles. The summed E-state index contributed by atoms with van der Waals surface area (Å²) in [6.45, 7) is -0.225. The second-order valence-electron chi connectivity index (χ2n) is 3.38. The molecule has 0 bridgehead atoms. The summed E-state index contributed by atoms with van der Waals surface area (Å²) < 4.78 is 5.08. The van der Waals surface area contributed by atoms with E-state index in [1.54, 1.807) is 11.3 Å². The maximum absolute atomic E-state index is 9.16. The first-order valence-electron chi connectivity index (χ1n) is 5.01. The van der Waals surface area contributed by atoms with Crippen LogP contribution in [-0.2, 0) is 5.75 Å². The lowest BCUT2D eigenvalue weighted by Crippen LogP contribution is -2.14. The average molecular weight is 272 g/mol. The maximum atomic E-state index is 9.16. The van der Waals surface area contributed by atoms with Crippen molar-refractivity contribution >= 4 is 23.1 Å². The zero-order valence-electron chi connectivity index (χ0n) is 8.94. The SMILES string of the molecule is OCC(O)CSCc1nc(-c2ccsc2)no1. The van der Waals surface area contributed by atoms with Crippen molar-refractivity contribution in [2.45, 2.75) is 11.9 Å². The quantitative estimate of drug-likeness (QED) is 0.827. The van der Waals surface area contributed by atoms with Crippen LogP contribution < -0.4 is 0 Å². The number of hydrogen-bond acceptors (Lipinski definition) is 7. The van der Waals surface area contributed by atoms with Gasteiger partial charge in [-0.1, -0.05) is 5.16 Å². The monoisotopic (exact) mass is 272 g/mol. The van der Waals surface area contributed by atoms with Gasteiger partial charge in [0.25, 0.3) is 0 Å². The van der Waals surface area contributed by atoms with Crippen molar-refractivity contribution in [2.24, 2.45) is 0 Å². The van der Waals surface area contributed by atoms with Crippen molar-refractivity contribution in [2.75, 3.05) is 12.4 Å². The summed E-state index contributed by atoms with van der Waals surface area (Å²) in [5.74, 6) is 2.10. The molecule has 0 fully saturated rings. The molecule has 2 rings (SSSR count). The van der Waals surface area contributed by atoms with Gasteiger partial charge in [-0.15, -0.1) is 11.8 Å². The Balaban J connectivity index is 1.87. The van der Waals surface area contributed by atoms with Crippen molar-refractivity contribution in [3.63, 3.8) is 0 Å². The van der Waals surface area contributed by atoms with E-state index in [2.05, 4.69) is 10.1 Å². The van der Waals surface area contributed by atoms with Crippen LogP contribution in [0.4, 0.5) is 0 Å². The zero-order valence-corrected chi connectivity index (χ0v) is 10.6. The summed E-state index contributed by atoms with van der Waals surface area (Å²) in [6.07, 6.45) is -0.695. The summed E-state index contributed by atoms with van der Waals surface area (Å²) in [4.78, 5) is 4.24. The van der Waals surface area contributed by atoms with Crippen LogP contribution in [0.2, 0.25) is 0 Å². The van der Waals surface area contributed by atoms with Crippen LogP contribution in [0.3, 0.4) is 0 Å². The summed E-state index contributed by atoms with van der Waals surface area (Å²) in [6, 6.07) is 1.93. The molecule has 1 unspecified atom stereocenters. The first-order valence-corrected chi connectivity index (χ1v) is 7.11. The van der Waals surface area contributed by atoms with E-state index in [1.807, 2.05) is 16.8 Å². The van der Waals surface area contributed by atoms with Crippen LogP contribution in [0.15, 0.2) is 21.3 Å². The molecule has 17 heavy (non-hydrogen) atoms. The van der Waals surface area contributed by atoms with Crippen LogP contribution in [0, 0.1) is 0 Å². The molecule has 2 aromatic rings. The fourth-order valence-electron chi connectivity index (χ4n) is 1.16. The van der Waals surface area contributed by atoms with Gasteiger partial charge in [-0.25, -0.2) is 0 Å². The number of rotatable bonds is 6. The second-order valence-corrected chi connectivity index (χ2v) is 5.19. The molecule has 7 heteroatoms. The number of nitrogens with zero attached hydrogens (tertiary/aromatic N) is 2. The minimum atomic E-state index is -0.695. The van der Waals surface area contributed by atoms with E-state index in [0.29, 0.717) is 23.2 Å². The fraction of sp³-hybridized carbons (Fsp3) is 0.400. The molecule has 0 amide bonds. The summed E-state index contributed by atoms with van der Waals surface area (Å²) in [5, 5.41) is 25.6. The molecule has 0 saturated carbocycles. The fourth-order valence-corrected chi connectivity index (χ4v) is 2.58. The van der Waals surface area contributed by atoms with Gasteiger partial charge in [-0.05, 0) is 11.4 Å². The minimum Gasteiger partial charge on any atom is -0.394 e. The second kappa shape index (κ2) is 6.15. The summed E-state index contributed by atoms with van der Waals surface area (Å²) in [5.41, 5.74) is 0.949. The Labute approximate surface area is 106 Å². The van der Waals surface area contributed by atoms with Crippen LogP contribution in [0.1, 0.15) is 5.89 Å². The highest BCUT2D eigenvalue weighted by Crippen LogP contribution is 2.20. The molecule has 92 valence electrons. The largest absolute Gasteiger partial charge is 0.394 e. The molecule has 0 aromatic carbocycles. The molecule has 2 N–H and O–H groups in total. The smallest absolute Gasteiger partial charge is 0.236 e. The molecule has 5 nitrogen and oxygen atoms in total. The molecule has 0 saturated heterocycles. The highest BCUT2D eigenvalue weighted by Gasteiger charge is 2.09. The van der Waals surface area contributed by atoms with E-state index >= 15 is 0 Å². The minimum absolute atomic E-state index is 0.225. The van der Waals surface area contributed by atoms with Gasteiger partial charge >= 0.3 is 0 Å². The number of aliphatic hydroxyl groups is 2. The third-order valence-electron chi connectivity index (χ3n) is 1.99. The standard InChI is InChI=1S/C10H12N2O3S2/c13-3-8(14)5-17-6-9-11-10(12-15-9)7-1-2-16-4-7/h1-2,4,8,13-14H,3,5-6H2. The Kier molecular flexibility index (Phi) is 4.55. The van der Waals surface area contributed by atoms with E-state index in [-0.39, 0.29) is 6.61 Å². The van der Waals surface area contributed by atoms with Crippen LogP contribution >= 0.6 is 23.1 Å². The van der Waals surface area contributed by atoms with Crippen molar-refractivity contribution in [3.05, 3.63) is 22.7 Å². The summed E-state index contributed by atoms with van der Waals surface area (Å²) in [7, 11) is 0. The maximum Gasteiger partial charge on any atom is 0.236 e. The highest BCUT2D eigenvalue weighted by molar-refractivity contribution is 7.98. The Morgan fingerprint density at radius 1 is 1.53 bits per heavy atom. The zero-order chi connectivity index (χ0) is 12.1. The third-order valence-corrected chi connectivity index (χ3v) is 3.75. The Hall–Kier alpha value is -0.890. The van der Waals surface area contributed by atoms with Gasteiger partial charge in [-0.3, -0.25) is 0 Å². The molecular weight excluding hydrogens is 260 g/mol. The first-order chi connectivity index (χ1) is 8.29. The molecule has 2 aromatic heterocycles. The summed E-state index contributed by atoms with van der Waals surface area (Å²) >= 11 is 3.03. The Bertz CT molecular complexity index is 444. The van der Waals surface area contributed by atoms with E-state index in [9.17, 15) is 0 Å².